The fourth-order valence-corrected chi connectivity index (χ4v) is 1.96. The lowest BCUT2D eigenvalue weighted by atomic mass is 9.94. The first-order valence-corrected chi connectivity index (χ1v) is 4.74. The summed E-state index contributed by atoms with van der Waals surface area (Å²) in [7, 11) is 0. The second kappa shape index (κ2) is 3.96. The van der Waals surface area contributed by atoms with E-state index in [1.54, 1.807) is 0 Å². The summed E-state index contributed by atoms with van der Waals surface area (Å²) in [6, 6.07) is 0. The Bertz CT molecular complexity index is 199. The molecule has 1 heteroatoms. The van der Waals surface area contributed by atoms with Crippen LogP contribution in [-0.2, 0) is 0 Å². The van der Waals surface area contributed by atoms with Crippen LogP contribution in [0.15, 0.2) is 22.3 Å². The van der Waals surface area contributed by atoms with E-state index in [0.717, 1.165) is 30.7 Å². The topological polar surface area (TPSA) is 0 Å². The van der Waals surface area contributed by atoms with Crippen LogP contribution in [-0.4, -0.2) is 0 Å². The standard InChI is InChI=1S/C10H15Cl/c1-3-8-6-5-7-10(11)9(8)4-2/h6H,3-5,7H2,1-2H3. The minimum absolute atomic E-state index is 1.05. The van der Waals surface area contributed by atoms with Gasteiger partial charge in [0, 0.05) is 5.03 Å². The molecule has 0 atom stereocenters. The van der Waals surface area contributed by atoms with E-state index in [2.05, 4.69) is 19.9 Å². The van der Waals surface area contributed by atoms with Gasteiger partial charge in [-0.05, 0) is 36.8 Å². The van der Waals surface area contributed by atoms with Gasteiger partial charge < -0.3 is 0 Å². The van der Waals surface area contributed by atoms with Gasteiger partial charge in [0.15, 0.2) is 0 Å². The Balaban J connectivity index is 2.86. The molecule has 0 heterocycles. The van der Waals surface area contributed by atoms with Gasteiger partial charge in [0.1, 0.15) is 0 Å². The predicted octanol–water partition coefficient (Wildman–Crippen LogP) is 4.02. The Hall–Kier alpha value is -0.230. The van der Waals surface area contributed by atoms with Crippen molar-refractivity contribution in [3.8, 4) is 0 Å². The van der Waals surface area contributed by atoms with Crippen LogP contribution in [0.4, 0.5) is 0 Å². The molecule has 11 heavy (non-hydrogen) atoms. The molecule has 1 rings (SSSR count). The fourth-order valence-electron chi connectivity index (χ4n) is 1.60. The molecule has 62 valence electrons. The zero-order valence-corrected chi connectivity index (χ0v) is 8.04. The second-order valence-corrected chi connectivity index (χ2v) is 3.31. The molecule has 1 aliphatic rings. The van der Waals surface area contributed by atoms with Crippen molar-refractivity contribution in [2.24, 2.45) is 0 Å². The van der Waals surface area contributed by atoms with Gasteiger partial charge >= 0.3 is 0 Å². The quantitative estimate of drug-likeness (QED) is 0.587. The molecular weight excluding hydrogens is 156 g/mol. The summed E-state index contributed by atoms with van der Waals surface area (Å²) in [4.78, 5) is 0. The van der Waals surface area contributed by atoms with Crippen LogP contribution >= 0.6 is 11.6 Å². The summed E-state index contributed by atoms with van der Waals surface area (Å²) in [6.07, 6.45) is 6.71. The molecule has 0 aromatic carbocycles. The van der Waals surface area contributed by atoms with Crippen molar-refractivity contribution in [3.05, 3.63) is 22.3 Å². The van der Waals surface area contributed by atoms with Crippen LogP contribution in [0.3, 0.4) is 0 Å². The number of halogens is 1. The molecule has 0 aromatic heterocycles. The molecule has 0 amide bonds. The average Bonchev–Trinajstić information content (AvgIpc) is 2.04. The van der Waals surface area contributed by atoms with Gasteiger partial charge in [-0.25, -0.2) is 0 Å². The molecule has 0 radical (unpaired) electrons. The maximum absolute atomic E-state index is 6.10. The molecule has 0 nitrogen and oxygen atoms in total. The van der Waals surface area contributed by atoms with Gasteiger partial charge in [-0.15, -0.1) is 0 Å². The van der Waals surface area contributed by atoms with Gasteiger partial charge in [0.2, 0.25) is 0 Å². The van der Waals surface area contributed by atoms with Crippen LogP contribution in [0.5, 0.6) is 0 Å². The maximum atomic E-state index is 6.10. The summed E-state index contributed by atoms with van der Waals surface area (Å²) < 4.78 is 0. The van der Waals surface area contributed by atoms with E-state index in [4.69, 9.17) is 11.6 Å². The lowest BCUT2D eigenvalue weighted by Gasteiger charge is -2.16. The van der Waals surface area contributed by atoms with Crippen molar-refractivity contribution in [2.75, 3.05) is 0 Å². The van der Waals surface area contributed by atoms with Crippen LogP contribution in [0.25, 0.3) is 0 Å². The summed E-state index contributed by atoms with van der Waals surface area (Å²) in [5.41, 5.74) is 2.85. The summed E-state index contributed by atoms with van der Waals surface area (Å²) in [5, 5.41) is 1.09. The van der Waals surface area contributed by atoms with E-state index in [1.807, 2.05) is 0 Å². The molecule has 1 aliphatic carbocycles. The molecule has 0 bridgehead atoms. The monoisotopic (exact) mass is 170 g/mol. The Morgan fingerprint density at radius 2 is 2.09 bits per heavy atom. The van der Waals surface area contributed by atoms with E-state index >= 15 is 0 Å². The first kappa shape index (κ1) is 8.86. The number of hydrogen-bond donors (Lipinski definition) is 0. The minimum atomic E-state index is 1.05. The summed E-state index contributed by atoms with van der Waals surface area (Å²) in [6.45, 7) is 4.36. The normalized spacial score (nSPS) is 18.6. The highest BCUT2D eigenvalue weighted by Crippen LogP contribution is 2.31. The molecule has 0 aliphatic heterocycles. The predicted molar refractivity (Wildman–Crippen MR) is 50.8 cm³/mol. The molecule has 0 N–H and O–H groups in total. The summed E-state index contributed by atoms with van der Waals surface area (Å²) >= 11 is 6.10. The van der Waals surface area contributed by atoms with Crippen molar-refractivity contribution in [1.82, 2.24) is 0 Å². The molecule has 0 saturated carbocycles. The number of rotatable bonds is 2. The van der Waals surface area contributed by atoms with Gasteiger partial charge in [-0.3, -0.25) is 0 Å². The average molecular weight is 171 g/mol. The Kier molecular flexibility index (Phi) is 3.19. The number of hydrogen-bond acceptors (Lipinski definition) is 0. The van der Waals surface area contributed by atoms with E-state index in [1.165, 1.54) is 11.1 Å². The molecular formula is C10H15Cl. The van der Waals surface area contributed by atoms with Crippen LogP contribution < -0.4 is 0 Å². The van der Waals surface area contributed by atoms with Crippen molar-refractivity contribution < 1.29 is 0 Å². The van der Waals surface area contributed by atoms with E-state index in [-0.39, 0.29) is 0 Å². The molecule has 0 fully saturated rings. The van der Waals surface area contributed by atoms with E-state index in [9.17, 15) is 0 Å². The third-order valence-corrected chi connectivity index (χ3v) is 2.62. The van der Waals surface area contributed by atoms with Crippen LogP contribution in [0.2, 0.25) is 0 Å². The van der Waals surface area contributed by atoms with Crippen LogP contribution in [0.1, 0.15) is 39.5 Å². The van der Waals surface area contributed by atoms with Gasteiger partial charge in [-0.1, -0.05) is 31.5 Å². The zero-order chi connectivity index (χ0) is 8.27. The third kappa shape index (κ3) is 1.87. The lowest BCUT2D eigenvalue weighted by molar-refractivity contribution is 0.902. The SMILES string of the molecule is CCC1=CCCC(Cl)=C1CC. The maximum Gasteiger partial charge on any atom is 0.0218 e. The van der Waals surface area contributed by atoms with Crippen molar-refractivity contribution in [1.29, 1.82) is 0 Å². The first-order chi connectivity index (χ1) is 5.29. The highest BCUT2D eigenvalue weighted by Gasteiger charge is 2.10. The Morgan fingerprint density at radius 3 is 2.55 bits per heavy atom. The highest BCUT2D eigenvalue weighted by molar-refractivity contribution is 6.30. The molecule has 0 aromatic rings. The second-order valence-electron chi connectivity index (χ2n) is 2.86. The largest absolute Gasteiger partial charge is 0.0888 e. The molecule has 0 saturated heterocycles. The van der Waals surface area contributed by atoms with E-state index < -0.39 is 0 Å². The molecule has 0 spiro atoms. The van der Waals surface area contributed by atoms with Crippen molar-refractivity contribution in [3.63, 3.8) is 0 Å². The van der Waals surface area contributed by atoms with Crippen molar-refractivity contribution >= 4 is 11.6 Å². The van der Waals surface area contributed by atoms with Gasteiger partial charge in [-0.2, -0.15) is 0 Å². The van der Waals surface area contributed by atoms with Gasteiger partial charge in [0.05, 0.1) is 0 Å². The third-order valence-electron chi connectivity index (χ3n) is 2.20. The fraction of sp³-hybridized carbons (Fsp3) is 0.600. The van der Waals surface area contributed by atoms with Crippen molar-refractivity contribution in [2.45, 2.75) is 39.5 Å². The smallest absolute Gasteiger partial charge is 0.0218 e. The highest BCUT2D eigenvalue weighted by atomic mass is 35.5. The summed E-state index contributed by atoms with van der Waals surface area (Å²) in [5.74, 6) is 0. The van der Waals surface area contributed by atoms with Gasteiger partial charge in [0.25, 0.3) is 0 Å². The Labute approximate surface area is 73.9 Å². The first-order valence-electron chi connectivity index (χ1n) is 4.36. The lowest BCUT2D eigenvalue weighted by Crippen LogP contribution is -1.96. The van der Waals surface area contributed by atoms with Crippen LogP contribution in [0, 0.1) is 0 Å². The van der Waals surface area contributed by atoms with E-state index in [0.29, 0.717) is 0 Å². The zero-order valence-electron chi connectivity index (χ0n) is 7.28. The Morgan fingerprint density at radius 1 is 1.36 bits per heavy atom. The number of allylic oxidation sites excluding steroid dienone is 4. The minimum Gasteiger partial charge on any atom is -0.0888 e. The molecule has 0 unspecified atom stereocenters.